The maximum atomic E-state index is 12.9. The average Bonchev–Trinajstić information content (AvgIpc) is 2.98. The van der Waals surface area contributed by atoms with Crippen molar-refractivity contribution in [3.05, 3.63) is 23.2 Å². The summed E-state index contributed by atoms with van der Waals surface area (Å²) in [5, 5.41) is 10.6. The molecule has 2 fully saturated rings. The number of benzene rings is 1. The number of halogens is 1. The maximum Gasteiger partial charge on any atom is 0.243 e. The molecule has 3 rings (SSSR count). The molecule has 2 heterocycles. The summed E-state index contributed by atoms with van der Waals surface area (Å²) in [4.78, 5) is 2.34. The van der Waals surface area contributed by atoms with Crippen LogP contribution in [0.2, 0.25) is 5.02 Å². The highest BCUT2D eigenvalue weighted by Gasteiger charge is 2.41. The second-order valence-electron chi connectivity index (χ2n) is 6.35. The van der Waals surface area contributed by atoms with Gasteiger partial charge in [-0.3, -0.25) is 4.90 Å². The fraction of sp³-hybridized carbons (Fsp3) is 0.625. The quantitative estimate of drug-likeness (QED) is 0.866. The summed E-state index contributed by atoms with van der Waals surface area (Å²) in [6.07, 6.45) is 2.74. The van der Waals surface area contributed by atoms with Gasteiger partial charge in [0, 0.05) is 13.1 Å². The number of piperidine rings is 1. The average molecular weight is 375 g/mol. The van der Waals surface area contributed by atoms with E-state index in [1.165, 1.54) is 30.0 Å². The maximum absolute atomic E-state index is 12.9. The van der Waals surface area contributed by atoms with Crippen LogP contribution in [0.3, 0.4) is 0 Å². The number of methoxy groups -OCH3 is 1. The van der Waals surface area contributed by atoms with E-state index in [0.29, 0.717) is 12.3 Å². The zero-order chi connectivity index (χ0) is 17.3. The third kappa shape index (κ3) is 3.41. The molecule has 2 saturated heterocycles. The first-order chi connectivity index (χ1) is 11.4. The van der Waals surface area contributed by atoms with Gasteiger partial charge in [-0.15, -0.1) is 0 Å². The molecular formula is C16H23ClN2O4S. The Hall–Kier alpha value is -0.860. The van der Waals surface area contributed by atoms with Gasteiger partial charge in [-0.25, -0.2) is 8.42 Å². The molecule has 24 heavy (non-hydrogen) atoms. The summed E-state index contributed by atoms with van der Waals surface area (Å²) in [6, 6.07) is 4.30. The first kappa shape index (κ1) is 17.9. The second kappa shape index (κ2) is 7.17. The predicted octanol–water partition coefficient (Wildman–Crippen LogP) is 1.57. The lowest BCUT2D eigenvalue weighted by Gasteiger charge is -2.33. The summed E-state index contributed by atoms with van der Waals surface area (Å²) < 4.78 is 32.1. The Kier molecular flexibility index (Phi) is 5.36. The number of aliphatic hydroxyl groups excluding tert-OH is 1. The van der Waals surface area contributed by atoms with Gasteiger partial charge in [0.2, 0.25) is 10.0 Å². The monoisotopic (exact) mass is 374 g/mol. The van der Waals surface area contributed by atoms with Crippen molar-refractivity contribution in [1.82, 2.24) is 9.21 Å². The summed E-state index contributed by atoms with van der Waals surface area (Å²) in [6.45, 7) is 2.27. The number of aliphatic hydroxyl groups is 1. The third-order valence-corrected chi connectivity index (χ3v) is 6.97. The van der Waals surface area contributed by atoms with Crippen LogP contribution in [0.15, 0.2) is 23.1 Å². The fourth-order valence-corrected chi connectivity index (χ4v) is 5.32. The van der Waals surface area contributed by atoms with Crippen molar-refractivity contribution >= 4 is 21.6 Å². The molecule has 0 radical (unpaired) electrons. The summed E-state index contributed by atoms with van der Waals surface area (Å²) >= 11 is 6.06. The highest BCUT2D eigenvalue weighted by atomic mass is 35.5. The zero-order valence-corrected chi connectivity index (χ0v) is 15.3. The molecule has 0 bridgehead atoms. The molecule has 8 heteroatoms. The molecule has 1 aromatic rings. The van der Waals surface area contributed by atoms with E-state index in [0.717, 1.165) is 25.9 Å². The van der Waals surface area contributed by atoms with Crippen LogP contribution < -0.4 is 4.74 Å². The topological polar surface area (TPSA) is 70.1 Å². The SMILES string of the molecule is COc1ccc(S(=O)(=O)N2C[C@H](O)[C@@H](N3CCCCC3)C2)cc1Cl. The molecule has 134 valence electrons. The smallest absolute Gasteiger partial charge is 0.243 e. The van der Waals surface area contributed by atoms with Gasteiger partial charge in [-0.05, 0) is 44.1 Å². The Morgan fingerprint density at radius 1 is 1.21 bits per heavy atom. The van der Waals surface area contributed by atoms with Gasteiger partial charge in [0.1, 0.15) is 5.75 Å². The van der Waals surface area contributed by atoms with Crippen LogP contribution in [0, 0.1) is 0 Å². The lowest BCUT2D eigenvalue weighted by molar-refractivity contribution is 0.0706. The van der Waals surface area contributed by atoms with Crippen LogP contribution in [0.25, 0.3) is 0 Å². The van der Waals surface area contributed by atoms with Crippen LogP contribution in [-0.4, -0.2) is 68.2 Å². The van der Waals surface area contributed by atoms with E-state index in [1.54, 1.807) is 6.07 Å². The standard InChI is InChI=1S/C16H23ClN2O4S/c1-23-16-6-5-12(9-13(16)17)24(21,22)19-10-14(15(20)11-19)18-7-3-2-4-8-18/h5-6,9,14-15,20H,2-4,7-8,10-11H2,1H3/t14-,15-/m0/s1. The lowest BCUT2D eigenvalue weighted by atomic mass is 10.1. The van der Waals surface area contributed by atoms with E-state index in [2.05, 4.69) is 4.90 Å². The van der Waals surface area contributed by atoms with E-state index in [9.17, 15) is 13.5 Å². The van der Waals surface area contributed by atoms with E-state index in [4.69, 9.17) is 16.3 Å². The normalized spacial score (nSPS) is 26.6. The molecule has 1 N–H and O–H groups in total. The van der Waals surface area contributed by atoms with Crippen LogP contribution in [0.4, 0.5) is 0 Å². The minimum Gasteiger partial charge on any atom is -0.495 e. The Morgan fingerprint density at radius 2 is 1.92 bits per heavy atom. The highest BCUT2D eigenvalue weighted by Crippen LogP contribution is 2.30. The van der Waals surface area contributed by atoms with Crippen LogP contribution in [0.1, 0.15) is 19.3 Å². The number of hydrogen-bond acceptors (Lipinski definition) is 5. The first-order valence-corrected chi connectivity index (χ1v) is 10.0. The van der Waals surface area contributed by atoms with Crippen LogP contribution >= 0.6 is 11.6 Å². The number of nitrogens with zero attached hydrogens (tertiary/aromatic N) is 2. The first-order valence-electron chi connectivity index (χ1n) is 8.19. The highest BCUT2D eigenvalue weighted by molar-refractivity contribution is 7.89. The van der Waals surface area contributed by atoms with Gasteiger partial charge in [-0.1, -0.05) is 18.0 Å². The predicted molar refractivity (Wildman–Crippen MR) is 92.0 cm³/mol. The molecule has 0 unspecified atom stereocenters. The molecule has 0 amide bonds. The second-order valence-corrected chi connectivity index (χ2v) is 8.69. The largest absolute Gasteiger partial charge is 0.495 e. The van der Waals surface area contributed by atoms with Crippen molar-refractivity contribution < 1.29 is 18.3 Å². The third-order valence-electron chi connectivity index (χ3n) is 4.85. The number of sulfonamides is 1. The van der Waals surface area contributed by atoms with Gasteiger partial charge >= 0.3 is 0 Å². The molecule has 0 saturated carbocycles. The van der Waals surface area contributed by atoms with Gasteiger partial charge in [-0.2, -0.15) is 4.31 Å². The number of β-amino-alcohol motifs (C(OH)–C–C–N with tert-alkyl or cyclic N) is 1. The minimum absolute atomic E-state index is 0.118. The van der Waals surface area contributed by atoms with E-state index in [1.807, 2.05) is 0 Å². The molecule has 2 aliphatic rings. The Labute approximate surface area is 148 Å². The van der Waals surface area contributed by atoms with Crippen molar-refractivity contribution in [1.29, 1.82) is 0 Å². The summed E-state index contributed by atoms with van der Waals surface area (Å²) in [5.74, 6) is 0.434. The van der Waals surface area contributed by atoms with Gasteiger partial charge in [0.25, 0.3) is 0 Å². The Balaban J connectivity index is 1.79. The molecule has 2 atom stereocenters. The molecular weight excluding hydrogens is 352 g/mol. The van der Waals surface area contributed by atoms with Crippen LogP contribution in [-0.2, 0) is 10.0 Å². The number of hydrogen-bond donors (Lipinski definition) is 1. The molecule has 2 aliphatic heterocycles. The van der Waals surface area contributed by atoms with Gasteiger partial charge in [0.15, 0.2) is 0 Å². The fourth-order valence-electron chi connectivity index (χ4n) is 3.50. The van der Waals surface area contributed by atoms with Crippen molar-refractivity contribution in [2.24, 2.45) is 0 Å². The molecule has 0 aromatic heterocycles. The molecule has 6 nitrogen and oxygen atoms in total. The lowest BCUT2D eigenvalue weighted by Crippen LogP contribution is -2.46. The summed E-state index contributed by atoms with van der Waals surface area (Å²) in [7, 11) is -2.20. The molecule has 1 aromatic carbocycles. The van der Waals surface area contributed by atoms with Crippen molar-refractivity contribution in [2.75, 3.05) is 33.3 Å². The molecule has 0 aliphatic carbocycles. The zero-order valence-electron chi connectivity index (χ0n) is 13.7. The molecule has 0 spiro atoms. The minimum atomic E-state index is -3.68. The number of ether oxygens (including phenoxy) is 1. The van der Waals surface area contributed by atoms with Crippen molar-refractivity contribution in [3.63, 3.8) is 0 Å². The van der Waals surface area contributed by atoms with E-state index >= 15 is 0 Å². The Morgan fingerprint density at radius 3 is 2.54 bits per heavy atom. The van der Waals surface area contributed by atoms with Crippen molar-refractivity contribution in [3.8, 4) is 5.75 Å². The van der Waals surface area contributed by atoms with Crippen molar-refractivity contribution in [2.45, 2.75) is 36.3 Å². The van der Waals surface area contributed by atoms with Gasteiger partial charge < -0.3 is 9.84 Å². The van der Waals surface area contributed by atoms with Crippen LogP contribution in [0.5, 0.6) is 5.75 Å². The van der Waals surface area contributed by atoms with Gasteiger partial charge in [0.05, 0.1) is 29.2 Å². The number of likely N-dealkylation sites (tertiary alicyclic amines) is 1. The number of rotatable bonds is 4. The van der Waals surface area contributed by atoms with E-state index in [-0.39, 0.29) is 22.5 Å². The van der Waals surface area contributed by atoms with E-state index < -0.39 is 16.1 Å². The Bertz CT molecular complexity index is 691. The summed E-state index contributed by atoms with van der Waals surface area (Å²) in [5.41, 5.74) is 0.